The van der Waals surface area contributed by atoms with Gasteiger partial charge in [0.05, 0.1) is 0 Å². The third kappa shape index (κ3) is 3.93. The Labute approximate surface area is 129 Å². The molecule has 1 unspecified atom stereocenters. The van der Waals surface area contributed by atoms with E-state index in [1.165, 1.54) is 16.4 Å². The van der Waals surface area contributed by atoms with E-state index in [0.717, 1.165) is 11.4 Å². The van der Waals surface area contributed by atoms with Crippen LogP contribution < -0.4 is 10.2 Å². The number of anilines is 1. The van der Waals surface area contributed by atoms with Crippen molar-refractivity contribution < 1.29 is 0 Å². The van der Waals surface area contributed by atoms with Crippen molar-refractivity contribution in [1.82, 2.24) is 0 Å². The fourth-order valence-corrected chi connectivity index (χ4v) is 2.34. The second-order valence-electron chi connectivity index (χ2n) is 4.82. The highest BCUT2D eigenvalue weighted by atomic mass is 31.0. The van der Waals surface area contributed by atoms with E-state index in [1.54, 1.807) is 6.08 Å². The van der Waals surface area contributed by atoms with Gasteiger partial charge < -0.3 is 4.90 Å². The summed E-state index contributed by atoms with van der Waals surface area (Å²) in [6.45, 7) is 7.72. The van der Waals surface area contributed by atoms with Gasteiger partial charge in [0, 0.05) is 18.4 Å². The molecule has 2 heteroatoms. The van der Waals surface area contributed by atoms with Crippen LogP contribution in [0, 0.1) is 0 Å². The molecular formula is C19H20NP. The molecule has 0 aromatic heterocycles. The third-order valence-electron chi connectivity index (χ3n) is 3.33. The number of benzene rings is 2. The lowest BCUT2D eigenvalue weighted by molar-refractivity contribution is 1.15. The van der Waals surface area contributed by atoms with Crippen LogP contribution in [-0.4, -0.2) is 7.05 Å². The molecule has 21 heavy (non-hydrogen) atoms. The molecule has 106 valence electrons. The molecule has 0 spiro atoms. The summed E-state index contributed by atoms with van der Waals surface area (Å²) in [6.07, 6.45) is 5.58. The normalized spacial score (nSPS) is 10.6. The maximum Gasteiger partial charge on any atom is 0.0408 e. The summed E-state index contributed by atoms with van der Waals surface area (Å²) in [5, 5.41) is 1.19. The van der Waals surface area contributed by atoms with Gasteiger partial charge in [-0.2, -0.15) is 0 Å². The second kappa shape index (κ2) is 7.06. The summed E-state index contributed by atoms with van der Waals surface area (Å²) in [4.78, 5) is 2.05. The number of rotatable bonds is 5. The molecule has 0 radical (unpaired) electrons. The molecule has 0 amide bonds. The van der Waals surface area contributed by atoms with Crippen molar-refractivity contribution in [2.24, 2.45) is 0 Å². The summed E-state index contributed by atoms with van der Waals surface area (Å²) in [5.74, 6) is 0. The molecule has 1 nitrogen and oxygen atoms in total. The first-order valence-electron chi connectivity index (χ1n) is 6.79. The Kier molecular flexibility index (Phi) is 5.14. The van der Waals surface area contributed by atoms with Gasteiger partial charge in [-0.25, -0.2) is 0 Å². The highest BCUT2D eigenvalue weighted by molar-refractivity contribution is 7.27. The molecule has 2 aromatic rings. The third-order valence-corrected chi connectivity index (χ3v) is 3.69. The molecular weight excluding hydrogens is 273 g/mol. The average molecular weight is 293 g/mol. The van der Waals surface area contributed by atoms with E-state index in [0.29, 0.717) is 0 Å². The van der Waals surface area contributed by atoms with Crippen molar-refractivity contribution in [1.29, 1.82) is 0 Å². The molecule has 2 aromatic carbocycles. The SMILES string of the molecule is C=C/C=C\C(=C)N(C)c1ccc(-c2cccc(P)c2)cc1. The first-order chi connectivity index (χ1) is 10.1. The van der Waals surface area contributed by atoms with Crippen LogP contribution in [0.25, 0.3) is 11.1 Å². The molecule has 1 atom stereocenters. The van der Waals surface area contributed by atoms with Crippen LogP contribution in [0.15, 0.2) is 85.6 Å². The van der Waals surface area contributed by atoms with Crippen LogP contribution in [-0.2, 0) is 0 Å². The summed E-state index contributed by atoms with van der Waals surface area (Å²) in [5.41, 5.74) is 4.47. The Bertz CT molecular complexity index is 668. The number of likely N-dealkylation sites (N-methyl/N-ethyl adjacent to an activating group) is 1. The predicted octanol–water partition coefficient (Wildman–Crippen LogP) is 4.55. The molecule has 0 aliphatic heterocycles. The monoisotopic (exact) mass is 293 g/mol. The zero-order valence-corrected chi connectivity index (χ0v) is 13.4. The molecule has 0 saturated carbocycles. The average Bonchev–Trinajstić information content (AvgIpc) is 2.52. The van der Waals surface area contributed by atoms with E-state index in [1.807, 2.05) is 19.2 Å². The molecule has 2 rings (SSSR count). The Balaban J connectivity index is 2.21. The van der Waals surface area contributed by atoms with Gasteiger partial charge in [0.15, 0.2) is 0 Å². The zero-order chi connectivity index (χ0) is 15.2. The molecule has 0 heterocycles. The maximum absolute atomic E-state index is 4.05. The smallest absolute Gasteiger partial charge is 0.0408 e. The van der Waals surface area contributed by atoms with Crippen molar-refractivity contribution >= 4 is 20.2 Å². The van der Waals surface area contributed by atoms with Crippen LogP contribution in [0.5, 0.6) is 0 Å². The Morgan fingerprint density at radius 2 is 1.81 bits per heavy atom. The summed E-state index contributed by atoms with van der Waals surface area (Å²) < 4.78 is 0. The fraction of sp³-hybridized carbons (Fsp3) is 0.0526. The van der Waals surface area contributed by atoms with Gasteiger partial charge in [-0.15, -0.1) is 9.24 Å². The Morgan fingerprint density at radius 3 is 2.43 bits per heavy atom. The van der Waals surface area contributed by atoms with Crippen molar-refractivity contribution in [3.8, 4) is 11.1 Å². The molecule has 0 aliphatic rings. The lowest BCUT2D eigenvalue weighted by Gasteiger charge is -2.19. The van der Waals surface area contributed by atoms with E-state index < -0.39 is 0 Å². The fourth-order valence-electron chi connectivity index (χ4n) is 2.05. The van der Waals surface area contributed by atoms with Crippen molar-refractivity contribution in [2.75, 3.05) is 11.9 Å². The molecule has 0 N–H and O–H groups in total. The van der Waals surface area contributed by atoms with Crippen LogP contribution >= 0.6 is 9.24 Å². The van der Waals surface area contributed by atoms with Crippen LogP contribution in [0.3, 0.4) is 0 Å². The Morgan fingerprint density at radius 1 is 1.10 bits per heavy atom. The molecule has 0 fully saturated rings. The zero-order valence-electron chi connectivity index (χ0n) is 12.3. The van der Waals surface area contributed by atoms with E-state index >= 15 is 0 Å². The lowest BCUT2D eigenvalue weighted by atomic mass is 10.1. The van der Waals surface area contributed by atoms with Gasteiger partial charge in [0.1, 0.15) is 0 Å². The minimum atomic E-state index is 0.926. The highest BCUT2D eigenvalue weighted by Crippen LogP contribution is 2.24. The maximum atomic E-state index is 4.05. The van der Waals surface area contributed by atoms with Crippen LogP contribution in [0.2, 0.25) is 0 Å². The number of nitrogens with zero attached hydrogens (tertiary/aromatic N) is 1. The molecule has 0 saturated heterocycles. The number of hydrogen-bond donors (Lipinski definition) is 0. The standard InChI is InChI=1S/C19H20NP/c1-4-5-7-15(2)20(3)18-12-10-16(11-13-18)17-8-6-9-19(21)14-17/h4-14H,1-2,21H2,3H3/b7-5-. The van der Waals surface area contributed by atoms with Crippen LogP contribution in [0.4, 0.5) is 5.69 Å². The van der Waals surface area contributed by atoms with E-state index in [-0.39, 0.29) is 0 Å². The van der Waals surface area contributed by atoms with Crippen molar-refractivity contribution in [3.63, 3.8) is 0 Å². The molecule has 0 bridgehead atoms. The topological polar surface area (TPSA) is 3.24 Å². The first kappa shape index (κ1) is 15.3. The highest BCUT2D eigenvalue weighted by Gasteiger charge is 2.03. The van der Waals surface area contributed by atoms with Gasteiger partial charge in [-0.1, -0.05) is 55.6 Å². The van der Waals surface area contributed by atoms with Crippen LogP contribution in [0.1, 0.15) is 0 Å². The minimum Gasteiger partial charge on any atom is -0.345 e. The largest absolute Gasteiger partial charge is 0.345 e. The van der Waals surface area contributed by atoms with Gasteiger partial charge >= 0.3 is 0 Å². The first-order valence-corrected chi connectivity index (χ1v) is 7.37. The number of allylic oxidation sites excluding steroid dienone is 3. The van der Waals surface area contributed by atoms with Crippen molar-refractivity contribution in [2.45, 2.75) is 0 Å². The van der Waals surface area contributed by atoms with E-state index in [2.05, 4.69) is 75.8 Å². The predicted molar refractivity (Wildman–Crippen MR) is 98.1 cm³/mol. The summed E-state index contributed by atoms with van der Waals surface area (Å²) >= 11 is 0. The number of hydrogen-bond acceptors (Lipinski definition) is 1. The molecule has 0 aliphatic carbocycles. The summed E-state index contributed by atoms with van der Waals surface area (Å²) in [6, 6.07) is 16.9. The van der Waals surface area contributed by atoms with Gasteiger partial charge in [-0.3, -0.25) is 0 Å². The summed E-state index contributed by atoms with van der Waals surface area (Å²) in [7, 11) is 4.74. The Hall–Kier alpha value is -2.11. The van der Waals surface area contributed by atoms with E-state index in [4.69, 9.17) is 0 Å². The quantitative estimate of drug-likeness (QED) is 0.577. The minimum absolute atomic E-state index is 0.926. The van der Waals surface area contributed by atoms with Gasteiger partial charge in [0.25, 0.3) is 0 Å². The second-order valence-corrected chi connectivity index (χ2v) is 5.48. The van der Waals surface area contributed by atoms with Gasteiger partial charge in [0.2, 0.25) is 0 Å². The van der Waals surface area contributed by atoms with Gasteiger partial charge in [-0.05, 0) is 40.7 Å². The van der Waals surface area contributed by atoms with E-state index in [9.17, 15) is 0 Å². The van der Waals surface area contributed by atoms with Crippen molar-refractivity contribution in [3.05, 3.63) is 85.6 Å². The lowest BCUT2D eigenvalue weighted by Crippen LogP contribution is -2.13.